The van der Waals surface area contributed by atoms with Crippen molar-refractivity contribution < 1.29 is 14.3 Å². The van der Waals surface area contributed by atoms with E-state index in [1.807, 2.05) is 44.2 Å². The van der Waals surface area contributed by atoms with E-state index in [0.29, 0.717) is 12.3 Å². The zero-order chi connectivity index (χ0) is 17.8. The fourth-order valence-electron chi connectivity index (χ4n) is 2.92. The van der Waals surface area contributed by atoms with Crippen LogP contribution in [0.4, 0.5) is 5.69 Å². The smallest absolute Gasteiger partial charge is 0.313 e. The number of carbonyl (C=O) groups excluding carboxylic acids is 2. The van der Waals surface area contributed by atoms with Crippen molar-refractivity contribution in [3.05, 3.63) is 64.7 Å². The lowest BCUT2D eigenvalue weighted by atomic mass is 9.97. The van der Waals surface area contributed by atoms with Gasteiger partial charge in [0.25, 0.3) is 0 Å². The molecule has 1 aliphatic heterocycles. The Morgan fingerprint density at radius 1 is 1.08 bits per heavy atom. The molecule has 1 atom stereocenters. The van der Waals surface area contributed by atoms with Gasteiger partial charge in [0, 0.05) is 12.2 Å². The number of benzene rings is 2. The van der Waals surface area contributed by atoms with Gasteiger partial charge in [-0.15, -0.1) is 0 Å². The molecule has 5 nitrogen and oxygen atoms in total. The van der Waals surface area contributed by atoms with E-state index in [2.05, 4.69) is 16.7 Å². The second kappa shape index (κ2) is 7.49. The largest absolute Gasteiger partial charge is 0.371 e. The first-order valence-electron chi connectivity index (χ1n) is 8.40. The van der Waals surface area contributed by atoms with Gasteiger partial charge in [-0.05, 0) is 54.7 Å². The maximum atomic E-state index is 12.1. The molecule has 0 saturated carbocycles. The molecule has 0 radical (unpaired) electrons. The molecule has 3 rings (SSSR count). The second-order valence-electron chi connectivity index (χ2n) is 6.27. The SMILES string of the molecule is Cc1ccc(NC(=O)C(=O)NC[C@H]2OCCc3ccccc32)cc1C. The Hall–Kier alpha value is -2.66. The summed E-state index contributed by atoms with van der Waals surface area (Å²) in [6.45, 7) is 4.85. The van der Waals surface area contributed by atoms with Crippen LogP contribution in [-0.4, -0.2) is 25.0 Å². The predicted octanol–water partition coefficient (Wildman–Crippen LogP) is 2.67. The second-order valence-corrected chi connectivity index (χ2v) is 6.27. The molecule has 0 saturated heterocycles. The van der Waals surface area contributed by atoms with Crippen LogP contribution in [0.5, 0.6) is 0 Å². The highest BCUT2D eigenvalue weighted by molar-refractivity contribution is 6.39. The van der Waals surface area contributed by atoms with Gasteiger partial charge in [0.05, 0.1) is 6.61 Å². The number of anilines is 1. The van der Waals surface area contributed by atoms with Crippen molar-refractivity contribution in [1.29, 1.82) is 0 Å². The van der Waals surface area contributed by atoms with Gasteiger partial charge in [-0.25, -0.2) is 0 Å². The summed E-state index contributed by atoms with van der Waals surface area (Å²) in [5, 5.41) is 5.29. The minimum Gasteiger partial charge on any atom is -0.371 e. The Morgan fingerprint density at radius 2 is 1.88 bits per heavy atom. The molecule has 2 aromatic rings. The van der Waals surface area contributed by atoms with Gasteiger partial charge in [-0.2, -0.15) is 0 Å². The summed E-state index contributed by atoms with van der Waals surface area (Å²) in [5.41, 5.74) is 5.11. The van der Waals surface area contributed by atoms with Crippen molar-refractivity contribution in [2.75, 3.05) is 18.5 Å². The highest BCUT2D eigenvalue weighted by Gasteiger charge is 2.22. The van der Waals surface area contributed by atoms with Gasteiger partial charge in [-0.3, -0.25) is 9.59 Å². The number of aryl methyl sites for hydroxylation is 2. The third kappa shape index (κ3) is 4.06. The van der Waals surface area contributed by atoms with Crippen LogP contribution in [0.25, 0.3) is 0 Å². The zero-order valence-electron chi connectivity index (χ0n) is 14.5. The fraction of sp³-hybridized carbons (Fsp3) is 0.300. The number of nitrogens with one attached hydrogen (secondary N) is 2. The predicted molar refractivity (Wildman–Crippen MR) is 96.4 cm³/mol. The van der Waals surface area contributed by atoms with Crippen LogP contribution in [0.2, 0.25) is 0 Å². The van der Waals surface area contributed by atoms with Gasteiger partial charge in [0.15, 0.2) is 0 Å². The first-order valence-corrected chi connectivity index (χ1v) is 8.40. The average molecular weight is 338 g/mol. The highest BCUT2D eigenvalue weighted by atomic mass is 16.5. The maximum absolute atomic E-state index is 12.1. The molecular weight excluding hydrogens is 316 g/mol. The molecule has 2 amide bonds. The van der Waals surface area contributed by atoms with Crippen LogP contribution in [0.1, 0.15) is 28.4 Å². The number of fused-ring (bicyclic) bond motifs is 1. The van der Waals surface area contributed by atoms with E-state index in [-0.39, 0.29) is 12.6 Å². The summed E-state index contributed by atoms with van der Waals surface area (Å²) < 4.78 is 5.74. The minimum absolute atomic E-state index is 0.219. The van der Waals surface area contributed by atoms with Gasteiger partial charge >= 0.3 is 11.8 Å². The monoisotopic (exact) mass is 338 g/mol. The van der Waals surface area contributed by atoms with E-state index in [9.17, 15) is 9.59 Å². The third-order valence-electron chi connectivity index (χ3n) is 4.51. The fourth-order valence-corrected chi connectivity index (χ4v) is 2.92. The van der Waals surface area contributed by atoms with E-state index < -0.39 is 11.8 Å². The number of hydrogen-bond donors (Lipinski definition) is 2. The van der Waals surface area contributed by atoms with Gasteiger partial charge < -0.3 is 15.4 Å². The summed E-state index contributed by atoms with van der Waals surface area (Å²) in [6, 6.07) is 13.6. The van der Waals surface area contributed by atoms with E-state index in [0.717, 1.165) is 23.1 Å². The van der Waals surface area contributed by atoms with Crippen molar-refractivity contribution in [1.82, 2.24) is 5.32 Å². The van der Waals surface area contributed by atoms with E-state index in [4.69, 9.17) is 4.74 Å². The molecule has 0 aromatic heterocycles. The molecule has 5 heteroatoms. The molecule has 1 heterocycles. The lowest BCUT2D eigenvalue weighted by Crippen LogP contribution is -2.38. The lowest BCUT2D eigenvalue weighted by molar-refractivity contribution is -0.136. The molecule has 0 aliphatic carbocycles. The first kappa shape index (κ1) is 17.2. The van der Waals surface area contributed by atoms with Crippen molar-refractivity contribution in [3.8, 4) is 0 Å². The molecule has 25 heavy (non-hydrogen) atoms. The molecule has 0 spiro atoms. The quantitative estimate of drug-likeness (QED) is 0.846. The lowest BCUT2D eigenvalue weighted by Gasteiger charge is -2.26. The number of ether oxygens (including phenoxy) is 1. The Kier molecular flexibility index (Phi) is 5.14. The Balaban J connectivity index is 1.57. The van der Waals surface area contributed by atoms with Gasteiger partial charge in [0.2, 0.25) is 0 Å². The molecule has 1 aliphatic rings. The molecule has 130 valence electrons. The van der Waals surface area contributed by atoms with Crippen molar-refractivity contribution in [2.45, 2.75) is 26.4 Å². The minimum atomic E-state index is -0.674. The number of carbonyl (C=O) groups is 2. The Morgan fingerprint density at radius 3 is 2.68 bits per heavy atom. The van der Waals surface area contributed by atoms with Crippen LogP contribution in [0.15, 0.2) is 42.5 Å². The molecule has 0 unspecified atom stereocenters. The molecule has 2 aromatic carbocycles. The van der Waals surface area contributed by atoms with E-state index >= 15 is 0 Å². The molecule has 0 bridgehead atoms. The Labute approximate surface area is 147 Å². The zero-order valence-corrected chi connectivity index (χ0v) is 14.5. The topological polar surface area (TPSA) is 67.4 Å². The summed E-state index contributed by atoms with van der Waals surface area (Å²) in [5.74, 6) is -1.34. The van der Waals surface area contributed by atoms with Crippen LogP contribution >= 0.6 is 0 Å². The van der Waals surface area contributed by atoms with Crippen LogP contribution in [0, 0.1) is 13.8 Å². The Bertz CT molecular complexity index is 801. The standard InChI is InChI=1S/C20H22N2O3/c1-13-7-8-16(11-14(13)2)22-20(24)19(23)21-12-18-17-6-4-3-5-15(17)9-10-25-18/h3-8,11,18H,9-10,12H2,1-2H3,(H,21,23)(H,22,24)/t18-/m1/s1. The first-order chi connectivity index (χ1) is 12.0. The van der Waals surface area contributed by atoms with Crippen molar-refractivity contribution >= 4 is 17.5 Å². The van der Waals surface area contributed by atoms with E-state index in [1.165, 1.54) is 5.56 Å². The summed E-state index contributed by atoms with van der Waals surface area (Å²) >= 11 is 0. The van der Waals surface area contributed by atoms with Gasteiger partial charge in [0.1, 0.15) is 6.10 Å². The number of rotatable bonds is 3. The van der Waals surface area contributed by atoms with Crippen molar-refractivity contribution in [2.24, 2.45) is 0 Å². The third-order valence-corrected chi connectivity index (χ3v) is 4.51. The number of hydrogen-bond acceptors (Lipinski definition) is 3. The molecular formula is C20H22N2O3. The van der Waals surface area contributed by atoms with E-state index in [1.54, 1.807) is 6.07 Å². The molecule has 2 N–H and O–H groups in total. The van der Waals surface area contributed by atoms with Gasteiger partial charge in [-0.1, -0.05) is 30.3 Å². The molecule has 0 fully saturated rings. The van der Waals surface area contributed by atoms with Crippen LogP contribution in [-0.2, 0) is 20.7 Å². The highest BCUT2D eigenvalue weighted by Crippen LogP contribution is 2.26. The summed E-state index contributed by atoms with van der Waals surface area (Å²) in [4.78, 5) is 24.1. The maximum Gasteiger partial charge on any atom is 0.313 e. The summed E-state index contributed by atoms with van der Waals surface area (Å²) in [6.07, 6.45) is 0.650. The van der Waals surface area contributed by atoms with Crippen LogP contribution < -0.4 is 10.6 Å². The number of amides is 2. The van der Waals surface area contributed by atoms with Crippen molar-refractivity contribution in [3.63, 3.8) is 0 Å². The average Bonchev–Trinajstić information content (AvgIpc) is 2.62. The summed E-state index contributed by atoms with van der Waals surface area (Å²) in [7, 11) is 0. The normalized spacial score (nSPS) is 16.0. The van der Waals surface area contributed by atoms with Crippen LogP contribution in [0.3, 0.4) is 0 Å².